The summed E-state index contributed by atoms with van der Waals surface area (Å²) >= 11 is 1.76. The number of rotatable bonds is 8. The van der Waals surface area contributed by atoms with Crippen molar-refractivity contribution in [3.63, 3.8) is 0 Å². The first-order chi connectivity index (χ1) is 11.2. The van der Waals surface area contributed by atoms with Crippen LogP contribution in [0.1, 0.15) is 49.4 Å². The SMILES string of the molecule is CCNC(=NCc1ncc(CC)s1)NCCN(C)C1CCCC1.I. The lowest BCUT2D eigenvalue weighted by molar-refractivity contribution is 0.249. The van der Waals surface area contributed by atoms with E-state index in [-0.39, 0.29) is 24.0 Å². The topological polar surface area (TPSA) is 52.6 Å². The van der Waals surface area contributed by atoms with Gasteiger partial charge in [0.05, 0.1) is 6.54 Å². The normalized spacial score (nSPS) is 15.6. The molecule has 1 aliphatic rings. The van der Waals surface area contributed by atoms with Crippen LogP contribution in [0.2, 0.25) is 0 Å². The minimum absolute atomic E-state index is 0. The molecule has 1 aliphatic carbocycles. The number of thiazole rings is 1. The molecule has 0 aromatic carbocycles. The third-order valence-electron chi connectivity index (χ3n) is 4.37. The molecule has 0 spiro atoms. The first-order valence-corrected chi connectivity index (χ1v) is 9.70. The van der Waals surface area contributed by atoms with Crippen molar-refractivity contribution >= 4 is 41.3 Å². The molecule has 1 fully saturated rings. The lowest BCUT2D eigenvalue weighted by atomic mass is 10.2. The average molecular weight is 465 g/mol. The predicted octanol–water partition coefficient (Wildman–Crippen LogP) is 3.25. The predicted molar refractivity (Wildman–Crippen MR) is 115 cm³/mol. The highest BCUT2D eigenvalue weighted by molar-refractivity contribution is 14.0. The zero-order valence-corrected chi connectivity index (χ0v) is 18.3. The molecule has 24 heavy (non-hydrogen) atoms. The van der Waals surface area contributed by atoms with Gasteiger partial charge in [-0.15, -0.1) is 35.3 Å². The van der Waals surface area contributed by atoms with E-state index in [0.29, 0.717) is 6.54 Å². The second-order valence-electron chi connectivity index (χ2n) is 6.11. The Bertz CT molecular complexity index is 485. The lowest BCUT2D eigenvalue weighted by Crippen LogP contribution is -2.42. The largest absolute Gasteiger partial charge is 0.357 e. The fraction of sp³-hybridized carbons (Fsp3) is 0.765. The van der Waals surface area contributed by atoms with Crippen LogP contribution in [0.4, 0.5) is 0 Å². The molecule has 1 saturated carbocycles. The van der Waals surface area contributed by atoms with Gasteiger partial charge in [0.1, 0.15) is 5.01 Å². The highest BCUT2D eigenvalue weighted by atomic mass is 127. The molecule has 0 amide bonds. The Morgan fingerprint density at radius 3 is 2.71 bits per heavy atom. The van der Waals surface area contributed by atoms with Crippen molar-refractivity contribution in [2.24, 2.45) is 4.99 Å². The number of hydrogen-bond donors (Lipinski definition) is 2. The van der Waals surface area contributed by atoms with Gasteiger partial charge < -0.3 is 15.5 Å². The average Bonchev–Trinajstić information content (AvgIpc) is 3.23. The highest BCUT2D eigenvalue weighted by Crippen LogP contribution is 2.21. The van der Waals surface area contributed by atoms with Crippen molar-refractivity contribution in [3.8, 4) is 0 Å². The maximum atomic E-state index is 4.65. The van der Waals surface area contributed by atoms with E-state index in [1.807, 2.05) is 6.20 Å². The summed E-state index contributed by atoms with van der Waals surface area (Å²) in [7, 11) is 2.24. The van der Waals surface area contributed by atoms with Crippen LogP contribution in [0.3, 0.4) is 0 Å². The van der Waals surface area contributed by atoms with E-state index < -0.39 is 0 Å². The Balaban J connectivity index is 0.00000288. The van der Waals surface area contributed by atoms with E-state index in [0.717, 1.165) is 43.1 Å². The number of aryl methyl sites for hydroxylation is 1. The van der Waals surface area contributed by atoms with Gasteiger partial charge >= 0.3 is 0 Å². The third-order valence-corrected chi connectivity index (χ3v) is 5.50. The summed E-state index contributed by atoms with van der Waals surface area (Å²) in [5.41, 5.74) is 0. The molecule has 5 nitrogen and oxygen atoms in total. The van der Waals surface area contributed by atoms with Crippen LogP contribution in [-0.4, -0.2) is 48.6 Å². The lowest BCUT2D eigenvalue weighted by Gasteiger charge is -2.24. The van der Waals surface area contributed by atoms with E-state index >= 15 is 0 Å². The van der Waals surface area contributed by atoms with E-state index in [1.165, 1.54) is 30.6 Å². The molecule has 1 aromatic rings. The molecule has 0 atom stereocenters. The molecular weight excluding hydrogens is 433 g/mol. The monoisotopic (exact) mass is 465 g/mol. The van der Waals surface area contributed by atoms with Crippen LogP contribution < -0.4 is 10.6 Å². The molecule has 1 aromatic heterocycles. The van der Waals surface area contributed by atoms with Gasteiger partial charge in [-0.3, -0.25) is 0 Å². The Kier molecular flexibility index (Phi) is 10.8. The summed E-state index contributed by atoms with van der Waals surface area (Å²) < 4.78 is 0. The van der Waals surface area contributed by atoms with Gasteiger partial charge in [-0.2, -0.15) is 0 Å². The molecule has 138 valence electrons. The van der Waals surface area contributed by atoms with Crippen LogP contribution in [0.5, 0.6) is 0 Å². The molecule has 0 aliphatic heterocycles. The van der Waals surface area contributed by atoms with E-state index in [1.54, 1.807) is 11.3 Å². The first-order valence-electron chi connectivity index (χ1n) is 8.89. The summed E-state index contributed by atoms with van der Waals surface area (Å²) in [6, 6.07) is 0.777. The minimum atomic E-state index is 0. The van der Waals surface area contributed by atoms with Crippen molar-refractivity contribution in [2.75, 3.05) is 26.7 Å². The molecule has 0 unspecified atom stereocenters. The number of nitrogens with one attached hydrogen (secondary N) is 2. The van der Waals surface area contributed by atoms with Crippen LogP contribution in [-0.2, 0) is 13.0 Å². The molecule has 0 bridgehead atoms. The Hall–Kier alpha value is -0.410. The number of aliphatic imine (C=N–C) groups is 1. The van der Waals surface area contributed by atoms with E-state index in [2.05, 4.69) is 46.4 Å². The van der Waals surface area contributed by atoms with Crippen molar-refractivity contribution in [3.05, 3.63) is 16.1 Å². The zero-order valence-electron chi connectivity index (χ0n) is 15.2. The molecule has 2 N–H and O–H groups in total. The number of halogens is 1. The quantitative estimate of drug-likeness (QED) is 0.352. The molecule has 2 rings (SSSR count). The fourth-order valence-corrected chi connectivity index (χ4v) is 3.74. The van der Waals surface area contributed by atoms with Gasteiger partial charge in [0.15, 0.2) is 5.96 Å². The smallest absolute Gasteiger partial charge is 0.191 e. The molecule has 0 saturated heterocycles. The number of nitrogens with zero attached hydrogens (tertiary/aromatic N) is 3. The van der Waals surface area contributed by atoms with Crippen LogP contribution >= 0.6 is 35.3 Å². The second kappa shape index (κ2) is 12.0. The van der Waals surface area contributed by atoms with Crippen molar-refractivity contribution in [2.45, 2.75) is 58.5 Å². The standard InChI is InChI=1S/C17H31N5S.HI/c1-4-15-12-20-16(23-15)13-21-17(18-5-2)19-10-11-22(3)14-8-6-7-9-14;/h12,14H,4-11,13H2,1-3H3,(H2,18,19,21);1H. The summed E-state index contributed by atoms with van der Waals surface area (Å²) in [5.74, 6) is 0.889. The second-order valence-corrected chi connectivity index (χ2v) is 7.31. The van der Waals surface area contributed by atoms with Crippen LogP contribution in [0.15, 0.2) is 11.2 Å². The maximum Gasteiger partial charge on any atom is 0.191 e. The van der Waals surface area contributed by atoms with E-state index in [4.69, 9.17) is 0 Å². The van der Waals surface area contributed by atoms with Crippen molar-refractivity contribution in [1.29, 1.82) is 0 Å². The van der Waals surface area contributed by atoms with Crippen LogP contribution in [0, 0.1) is 0 Å². The number of aromatic nitrogens is 1. The van der Waals surface area contributed by atoms with E-state index in [9.17, 15) is 0 Å². The number of hydrogen-bond acceptors (Lipinski definition) is 4. The third kappa shape index (κ3) is 7.23. The maximum absolute atomic E-state index is 4.65. The van der Waals surface area contributed by atoms with Gasteiger partial charge in [-0.1, -0.05) is 19.8 Å². The number of guanidine groups is 1. The van der Waals surface area contributed by atoms with Crippen molar-refractivity contribution < 1.29 is 0 Å². The van der Waals surface area contributed by atoms with Gasteiger partial charge in [0, 0.05) is 36.8 Å². The summed E-state index contributed by atoms with van der Waals surface area (Å²) in [6.07, 6.45) is 8.50. The fourth-order valence-electron chi connectivity index (χ4n) is 2.95. The summed E-state index contributed by atoms with van der Waals surface area (Å²) in [4.78, 5) is 12.9. The molecule has 7 heteroatoms. The number of likely N-dealkylation sites (N-methyl/N-ethyl adjacent to an activating group) is 1. The van der Waals surface area contributed by atoms with Gasteiger partial charge in [-0.05, 0) is 33.2 Å². The summed E-state index contributed by atoms with van der Waals surface area (Å²) in [5, 5.41) is 7.84. The molecule has 1 heterocycles. The Morgan fingerprint density at radius 2 is 2.08 bits per heavy atom. The van der Waals surface area contributed by atoms with Gasteiger partial charge in [0.25, 0.3) is 0 Å². The molecular formula is C17H32IN5S. The van der Waals surface area contributed by atoms with Crippen molar-refractivity contribution in [1.82, 2.24) is 20.5 Å². The Morgan fingerprint density at radius 1 is 1.33 bits per heavy atom. The zero-order chi connectivity index (χ0) is 16.5. The Labute approximate surface area is 167 Å². The molecule has 0 radical (unpaired) electrons. The minimum Gasteiger partial charge on any atom is -0.357 e. The van der Waals surface area contributed by atoms with Gasteiger partial charge in [-0.25, -0.2) is 9.98 Å². The summed E-state index contributed by atoms with van der Waals surface area (Å²) in [6.45, 7) is 7.78. The van der Waals surface area contributed by atoms with Crippen LogP contribution in [0.25, 0.3) is 0 Å². The first kappa shape index (κ1) is 21.6. The van der Waals surface area contributed by atoms with Gasteiger partial charge in [0.2, 0.25) is 0 Å². The highest BCUT2D eigenvalue weighted by Gasteiger charge is 2.18.